The Hall–Kier alpha value is -2.78. The highest BCUT2D eigenvalue weighted by Crippen LogP contribution is 2.36. The fraction of sp³-hybridized carbons (Fsp3) is 0.364. The van der Waals surface area contributed by atoms with Crippen LogP contribution in [0.5, 0.6) is 0 Å². The third-order valence-electron chi connectivity index (χ3n) is 5.74. The van der Waals surface area contributed by atoms with E-state index in [9.17, 15) is 23.5 Å². The summed E-state index contributed by atoms with van der Waals surface area (Å²) >= 11 is 0. The van der Waals surface area contributed by atoms with Crippen molar-refractivity contribution in [1.82, 2.24) is 5.32 Å². The van der Waals surface area contributed by atoms with Gasteiger partial charge in [0.05, 0.1) is 11.2 Å². The van der Waals surface area contributed by atoms with Crippen molar-refractivity contribution in [1.29, 1.82) is 0 Å². The number of halogens is 2. The minimum atomic E-state index is -1.37. The Bertz CT molecular complexity index is 958. The first kappa shape index (κ1) is 22.9. The number of hydrogen-bond acceptors (Lipinski definition) is 4. The molecule has 0 saturated carbocycles. The molecule has 2 aromatic carbocycles. The van der Waals surface area contributed by atoms with Gasteiger partial charge in [0.1, 0.15) is 23.2 Å². The van der Waals surface area contributed by atoms with Gasteiger partial charge in [-0.1, -0.05) is 30.3 Å². The lowest BCUT2D eigenvalue weighted by atomic mass is 9.78. The minimum absolute atomic E-state index is 0.0687. The van der Waals surface area contributed by atoms with Crippen LogP contribution in [0.4, 0.5) is 8.78 Å². The molecule has 0 aliphatic carbocycles. The van der Waals surface area contributed by atoms with E-state index >= 15 is 0 Å². The normalized spacial score (nSPS) is 17.9. The van der Waals surface area contributed by atoms with E-state index in [0.29, 0.717) is 5.56 Å². The van der Waals surface area contributed by atoms with Crippen LogP contribution in [0.15, 0.2) is 42.5 Å². The molecule has 1 saturated heterocycles. The van der Waals surface area contributed by atoms with Crippen LogP contribution in [0.25, 0.3) is 0 Å². The van der Waals surface area contributed by atoms with Crippen LogP contribution >= 0.6 is 0 Å². The van der Waals surface area contributed by atoms with Crippen molar-refractivity contribution >= 4 is 24.5 Å². The Morgan fingerprint density at radius 2 is 1.52 bits per heavy atom. The summed E-state index contributed by atoms with van der Waals surface area (Å²) < 4.78 is 39.6. The van der Waals surface area contributed by atoms with E-state index in [1.807, 2.05) is 27.7 Å². The Balaban J connectivity index is 1.71. The molecule has 0 spiro atoms. The molecule has 1 unspecified atom stereocenters. The Labute approximate surface area is 179 Å². The number of carbonyl (C=O) groups excluding carboxylic acids is 1. The number of rotatable bonds is 6. The van der Waals surface area contributed by atoms with Gasteiger partial charge >= 0.3 is 13.1 Å². The van der Waals surface area contributed by atoms with Gasteiger partial charge in [-0.3, -0.25) is 4.79 Å². The van der Waals surface area contributed by atoms with Gasteiger partial charge in [-0.05, 0) is 50.9 Å². The molecule has 0 radical (unpaired) electrons. The molecule has 2 aromatic rings. The zero-order valence-corrected chi connectivity index (χ0v) is 17.7. The van der Waals surface area contributed by atoms with Crippen molar-refractivity contribution in [2.45, 2.75) is 51.4 Å². The van der Waals surface area contributed by atoms with Gasteiger partial charge in [0.25, 0.3) is 5.91 Å². The second kappa shape index (κ2) is 8.40. The van der Waals surface area contributed by atoms with E-state index in [-0.39, 0.29) is 6.42 Å². The van der Waals surface area contributed by atoms with Gasteiger partial charge in [-0.15, -0.1) is 0 Å². The molecule has 3 rings (SSSR count). The maximum Gasteiger partial charge on any atom is 0.494 e. The summed E-state index contributed by atoms with van der Waals surface area (Å²) in [5.41, 5.74) is -0.410. The molecule has 0 aromatic heterocycles. The number of carboxylic acid groups (broad SMARTS) is 1. The molecular weight excluding hydrogens is 407 g/mol. The summed E-state index contributed by atoms with van der Waals surface area (Å²) in [7, 11) is -0.557. The largest absolute Gasteiger partial charge is 0.494 e. The lowest BCUT2D eigenvalue weighted by molar-refractivity contribution is -0.139. The van der Waals surface area contributed by atoms with Crippen molar-refractivity contribution in [3.63, 3.8) is 0 Å². The fourth-order valence-corrected chi connectivity index (χ4v) is 3.17. The van der Waals surface area contributed by atoms with E-state index in [1.54, 1.807) is 24.3 Å². The number of carbonyl (C=O) groups is 2. The van der Waals surface area contributed by atoms with Gasteiger partial charge in [0.2, 0.25) is 0 Å². The van der Waals surface area contributed by atoms with E-state index < -0.39 is 53.4 Å². The van der Waals surface area contributed by atoms with Crippen LogP contribution in [0.2, 0.25) is 0 Å². The summed E-state index contributed by atoms with van der Waals surface area (Å²) in [6, 6.07) is 8.54. The molecule has 31 heavy (non-hydrogen) atoms. The standard InChI is InChI=1S/C22H24BF2NO5/c1-21(2)22(3,4)31-23(30-21)14-10-8-13(9-11-14)12-17(20(28)29)26-19(27)18-15(24)6-5-7-16(18)25/h5-11,17H,12H2,1-4H3,(H,26,27)(H,28,29). The van der Waals surface area contributed by atoms with E-state index in [4.69, 9.17) is 9.31 Å². The highest BCUT2D eigenvalue weighted by molar-refractivity contribution is 6.62. The summed E-state index contributed by atoms with van der Waals surface area (Å²) in [5, 5.41) is 11.7. The van der Waals surface area contributed by atoms with Crippen LogP contribution in [-0.4, -0.2) is 41.3 Å². The highest BCUT2D eigenvalue weighted by atomic mass is 19.1. The number of benzene rings is 2. The lowest BCUT2D eigenvalue weighted by Gasteiger charge is -2.32. The van der Waals surface area contributed by atoms with Crippen molar-refractivity contribution in [2.24, 2.45) is 0 Å². The van der Waals surface area contributed by atoms with Crippen molar-refractivity contribution < 1.29 is 32.8 Å². The Kier molecular flexibility index (Phi) is 6.20. The van der Waals surface area contributed by atoms with Gasteiger partial charge in [0.15, 0.2) is 0 Å². The zero-order chi connectivity index (χ0) is 23.0. The van der Waals surface area contributed by atoms with Gasteiger partial charge in [0, 0.05) is 6.42 Å². The van der Waals surface area contributed by atoms with Crippen molar-refractivity contribution in [3.8, 4) is 0 Å². The average Bonchev–Trinajstić information content (AvgIpc) is 2.89. The number of nitrogens with one attached hydrogen (secondary N) is 1. The maximum atomic E-state index is 13.8. The number of aliphatic carboxylic acids is 1. The summed E-state index contributed by atoms with van der Waals surface area (Å²) in [6.07, 6.45) is -0.0687. The van der Waals surface area contributed by atoms with Crippen LogP contribution in [0, 0.1) is 11.6 Å². The average molecular weight is 431 g/mol. The van der Waals surface area contributed by atoms with Crippen LogP contribution in [0.3, 0.4) is 0 Å². The zero-order valence-electron chi connectivity index (χ0n) is 17.7. The van der Waals surface area contributed by atoms with E-state index in [0.717, 1.165) is 23.7 Å². The first-order valence-corrected chi connectivity index (χ1v) is 9.83. The molecule has 1 amide bonds. The second-order valence-corrected chi connectivity index (χ2v) is 8.49. The SMILES string of the molecule is CC1(C)OB(c2ccc(CC(NC(=O)c3c(F)cccc3F)C(=O)O)cc2)OC1(C)C. The van der Waals surface area contributed by atoms with Gasteiger partial charge < -0.3 is 19.7 Å². The summed E-state index contributed by atoms with van der Waals surface area (Å²) in [5.74, 6) is -4.57. The fourth-order valence-electron chi connectivity index (χ4n) is 3.17. The Morgan fingerprint density at radius 3 is 2.00 bits per heavy atom. The van der Waals surface area contributed by atoms with E-state index in [1.165, 1.54) is 0 Å². The first-order valence-electron chi connectivity index (χ1n) is 9.83. The van der Waals surface area contributed by atoms with Crippen molar-refractivity contribution in [2.75, 3.05) is 0 Å². The Morgan fingerprint density at radius 1 is 1.00 bits per heavy atom. The lowest BCUT2D eigenvalue weighted by Crippen LogP contribution is -2.43. The maximum absolute atomic E-state index is 13.8. The van der Waals surface area contributed by atoms with Crippen LogP contribution in [-0.2, 0) is 20.5 Å². The molecule has 0 bridgehead atoms. The molecule has 6 nitrogen and oxygen atoms in total. The smallest absolute Gasteiger partial charge is 0.480 e. The topological polar surface area (TPSA) is 84.9 Å². The van der Waals surface area contributed by atoms with Gasteiger partial charge in [-0.2, -0.15) is 0 Å². The third-order valence-corrected chi connectivity index (χ3v) is 5.74. The first-order chi connectivity index (χ1) is 14.4. The third kappa shape index (κ3) is 4.78. The molecule has 1 fully saturated rings. The predicted molar refractivity (Wildman–Crippen MR) is 111 cm³/mol. The number of carboxylic acids is 1. The summed E-state index contributed by atoms with van der Waals surface area (Å²) in [4.78, 5) is 23.9. The molecule has 1 atom stereocenters. The monoisotopic (exact) mass is 431 g/mol. The molecule has 1 heterocycles. The number of amides is 1. The van der Waals surface area contributed by atoms with Crippen LogP contribution < -0.4 is 10.8 Å². The molecule has 164 valence electrons. The predicted octanol–water partition coefficient (Wildman–Crippen LogP) is 2.69. The second-order valence-electron chi connectivity index (χ2n) is 8.49. The quantitative estimate of drug-likeness (QED) is 0.688. The summed E-state index contributed by atoms with van der Waals surface area (Å²) in [6.45, 7) is 7.78. The van der Waals surface area contributed by atoms with Crippen molar-refractivity contribution in [3.05, 3.63) is 65.2 Å². The van der Waals surface area contributed by atoms with Crippen LogP contribution in [0.1, 0.15) is 43.6 Å². The molecule has 1 aliphatic rings. The molecule has 2 N–H and O–H groups in total. The number of hydrogen-bond donors (Lipinski definition) is 2. The van der Waals surface area contributed by atoms with Gasteiger partial charge in [-0.25, -0.2) is 13.6 Å². The molecular formula is C22H24BF2NO5. The minimum Gasteiger partial charge on any atom is -0.480 e. The molecule has 1 aliphatic heterocycles. The highest BCUT2D eigenvalue weighted by Gasteiger charge is 2.51. The van der Waals surface area contributed by atoms with E-state index in [2.05, 4.69) is 5.32 Å². The molecule has 9 heteroatoms.